The van der Waals surface area contributed by atoms with Gasteiger partial charge in [0.25, 0.3) is 5.56 Å². The zero-order valence-corrected chi connectivity index (χ0v) is 18.7. The third-order valence-corrected chi connectivity index (χ3v) is 6.51. The zero-order chi connectivity index (χ0) is 24.9. The maximum Gasteiger partial charge on any atom is 0.417 e. The molecule has 1 aliphatic heterocycles. The Bertz CT molecular complexity index is 1100. The summed E-state index contributed by atoms with van der Waals surface area (Å²) in [5, 5.41) is 9.40. The maximum atomic E-state index is 14.4. The summed E-state index contributed by atoms with van der Waals surface area (Å²) in [7, 11) is 1.08. The van der Waals surface area contributed by atoms with Gasteiger partial charge in [0.1, 0.15) is 11.9 Å². The van der Waals surface area contributed by atoms with Crippen molar-refractivity contribution >= 4 is 0 Å². The molecule has 11 heteroatoms. The summed E-state index contributed by atoms with van der Waals surface area (Å²) in [4.78, 5) is 19.4. The van der Waals surface area contributed by atoms with Gasteiger partial charge in [-0.15, -0.1) is 0 Å². The summed E-state index contributed by atoms with van der Waals surface area (Å²) in [5.41, 5.74) is -2.96. The molecule has 6 nitrogen and oxygen atoms in total. The Labute approximate surface area is 186 Å². The summed E-state index contributed by atoms with van der Waals surface area (Å²) in [5.74, 6) is -6.33. The summed E-state index contributed by atoms with van der Waals surface area (Å²) in [6.07, 6.45) is -6.26. The van der Waals surface area contributed by atoms with Crippen LogP contribution in [0, 0.1) is 24.5 Å². The molecule has 1 fully saturated rings. The van der Waals surface area contributed by atoms with Gasteiger partial charge in [0.15, 0.2) is 17.2 Å². The Morgan fingerprint density at radius 3 is 2.48 bits per heavy atom. The second kappa shape index (κ2) is 8.68. The molecule has 1 aromatic heterocycles. The minimum atomic E-state index is -4.81. The number of aryl methyl sites for hydroxylation is 1. The number of nitrogens with one attached hydrogen (secondary N) is 1. The van der Waals surface area contributed by atoms with E-state index in [1.54, 1.807) is 6.92 Å². The van der Waals surface area contributed by atoms with E-state index in [4.69, 9.17) is 9.47 Å². The highest BCUT2D eigenvalue weighted by Gasteiger charge is 2.65. The van der Waals surface area contributed by atoms with E-state index in [0.717, 1.165) is 26.2 Å². The molecule has 0 amide bonds. The van der Waals surface area contributed by atoms with Crippen LogP contribution in [-0.2, 0) is 4.74 Å². The van der Waals surface area contributed by atoms with E-state index < -0.39 is 58.6 Å². The van der Waals surface area contributed by atoms with Gasteiger partial charge in [-0.25, -0.2) is 9.37 Å². The molecule has 0 unspecified atom stereocenters. The number of ether oxygens (including phenoxy) is 2. The van der Waals surface area contributed by atoms with E-state index in [1.807, 2.05) is 0 Å². The van der Waals surface area contributed by atoms with E-state index in [1.165, 1.54) is 13.8 Å². The monoisotopic (exact) mass is 476 g/mol. The lowest BCUT2D eigenvalue weighted by Gasteiger charge is -2.32. The highest BCUT2D eigenvalue weighted by Crippen LogP contribution is 2.59. The standard InChI is InChI=1S/C22H25F5N2O4/c1-9(8-30)14-11(3)28-19(29-20(14)31)18-15(10(2)21(4,33-18)22(25,26)27)12-6-7-13(23)16(24)17(12)32-5/h6-7,9-10,15,18,30H,8H2,1-5H3,(H,28,29,31)/t9-,10-,15-,18+,21+/m0/s1. The van der Waals surface area contributed by atoms with Crippen molar-refractivity contribution in [2.45, 2.75) is 57.4 Å². The molecule has 0 radical (unpaired) electrons. The molecule has 1 saturated heterocycles. The molecular formula is C22H25F5N2O4. The topological polar surface area (TPSA) is 84.4 Å². The highest BCUT2D eigenvalue weighted by molar-refractivity contribution is 5.41. The smallest absolute Gasteiger partial charge is 0.417 e. The van der Waals surface area contributed by atoms with E-state index in [2.05, 4.69) is 9.97 Å². The molecule has 0 saturated carbocycles. The van der Waals surface area contributed by atoms with Crippen LogP contribution in [0.3, 0.4) is 0 Å². The summed E-state index contributed by atoms with van der Waals surface area (Å²) in [6.45, 7) is 4.91. The van der Waals surface area contributed by atoms with Crippen molar-refractivity contribution in [2.24, 2.45) is 5.92 Å². The van der Waals surface area contributed by atoms with Gasteiger partial charge in [-0.3, -0.25) is 4.79 Å². The maximum absolute atomic E-state index is 14.4. The lowest BCUT2D eigenvalue weighted by atomic mass is 9.77. The fourth-order valence-electron chi connectivity index (χ4n) is 4.47. The lowest BCUT2D eigenvalue weighted by Crippen LogP contribution is -2.46. The van der Waals surface area contributed by atoms with Crippen molar-refractivity contribution in [1.82, 2.24) is 9.97 Å². The van der Waals surface area contributed by atoms with Gasteiger partial charge in [-0.1, -0.05) is 19.9 Å². The Kier molecular flexibility index (Phi) is 6.60. The fraction of sp³-hybridized carbons (Fsp3) is 0.545. The van der Waals surface area contributed by atoms with E-state index >= 15 is 0 Å². The van der Waals surface area contributed by atoms with Crippen LogP contribution in [0.1, 0.15) is 61.4 Å². The van der Waals surface area contributed by atoms with Crippen molar-refractivity contribution in [3.8, 4) is 5.75 Å². The number of aromatic amines is 1. The van der Waals surface area contributed by atoms with Crippen molar-refractivity contribution in [3.05, 3.63) is 56.8 Å². The molecule has 1 aromatic carbocycles. The van der Waals surface area contributed by atoms with Gasteiger partial charge in [-0.05, 0) is 19.9 Å². The molecule has 2 N–H and O–H groups in total. The van der Waals surface area contributed by atoms with Gasteiger partial charge in [0, 0.05) is 41.2 Å². The van der Waals surface area contributed by atoms with Crippen LogP contribution < -0.4 is 10.3 Å². The average Bonchev–Trinajstić information content (AvgIpc) is 3.01. The molecule has 0 spiro atoms. The molecule has 3 rings (SSSR count). The second-order valence-electron chi connectivity index (χ2n) is 8.48. The minimum absolute atomic E-state index is 0.0463. The van der Waals surface area contributed by atoms with Crippen molar-refractivity contribution in [2.75, 3.05) is 13.7 Å². The van der Waals surface area contributed by atoms with Crippen molar-refractivity contribution in [1.29, 1.82) is 0 Å². The number of halogens is 5. The third-order valence-electron chi connectivity index (χ3n) is 6.51. The number of hydrogen-bond acceptors (Lipinski definition) is 5. The first-order valence-electron chi connectivity index (χ1n) is 10.3. The Hall–Kier alpha value is -2.53. The molecule has 0 aliphatic carbocycles. The molecule has 0 bridgehead atoms. The Balaban J connectivity index is 2.25. The minimum Gasteiger partial charge on any atom is -0.493 e. The number of aromatic nitrogens is 2. The number of hydrogen-bond donors (Lipinski definition) is 2. The highest BCUT2D eigenvalue weighted by atomic mass is 19.4. The van der Waals surface area contributed by atoms with Gasteiger partial charge in [0.2, 0.25) is 5.82 Å². The van der Waals surface area contributed by atoms with Crippen LogP contribution >= 0.6 is 0 Å². The third kappa shape index (κ3) is 4.01. The van der Waals surface area contributed by atoms with Crippen LogP contribution in [-0.4, -0.2) is 40.6 Å². The average molecular weight is 476 g/mol. The van der Waals surface area contributed by atoms with Crippen molar-refractivity contribution < 1.29 is 36.5 Å². The Morgan fingerprint density at radius 2 is 1.97 bits per heavy atom. The number of methoxy groups -OCH3 is 1. The van der Waals surface area contributed by atoms with E-state index in [9.17, 15) is 31.9 Å². The predicted octanol–water partition coefficient (Wildman–Crippen LogP) is 4.27. The van der Waals surface area contributed by atoms with Crippen LogP contribution in [0.15, 0.2) is 16.9 Å². The number of rotatable bonds is 5. The molecular weight excluding hydrogens is 451 g/mol. The molecule has 2 aromatic rings. The van der Waals surface area contributed by atoms with Gasteiger partial charge in [-0.2, -0.15) is 17.6 Å². The van der Waals surface area contributed by atoms with Crippen LogP contribution in [0.5, 0.6) is 5.75 Å². The Morgan fingerprint density at radius 1 is 1.33 bits per heavy atom. The number of alkyl halides is 3. The van der Waals surface area contributed by atoms with E-state index in [0.29, 0.717) is 0 Å². The summed E-state index contributed by atoms with van der Waals surface area (Å²) >= 11 is 0. The predicted molar refractivity (Wildman–Crippen MR) is 108 cm³/mol. The lowest BCUT2D eigenvalue weighted by molar-refractivity contribution is -0.275. The first-order valence-corrected chi connectivity index (χ1v) is 10.3. The first-order chi connectivity index (χ1) is 15.3. The second-order valence-corrected chi connectivity index (χ2v) is 8.48. The van der Waals surface area contributed by atoms with E-state index in [-0.39, 0.29) is 29.3 Å². The molecule has 5 atom stereocenters. The largest absolute Gasteiger partial charge is 0.493 e. The summed E-state index contributed by atoms with van der Waals surface area (Å²) < 4.78 is 80.9. The number of benzene rings is 1. The molecule has 182 valence electrons. The molecule has 1 aliphatic rings. The number of aliphatic hydroxyl groups is 1. The van der Waals surface area contributed by atoms with Crippen LogP contribution in [0.2, 0.25) is 0 Å². The van der Waals surface area contributed by atoms with Gasteiger partial charge < -0.3 is 19.6 Å². The molecule has 33 heavy (non-hydrogen) atoms. The van der Waals surface area contributed by atoms with Crippen molar-refractivity contribution in [3.63, 3.8) is 0 Å². The SMILES string of the molecule is COc1c([C@H]2[C@H](c3nc(C)c([C@@H](C)CO)c(=O)[nH]3)O[C@@](C)(C(F)(F)F)[C@H]2C)ccc(F)c1F. The fourth-order valence-corrected chi connectivity index (χ4v) is 4.47. The number of nitrogens with zero attached hydrogens (tertiary/aromatic N) is 1. The van der Waals surface area contributed by atoms with Crippen LogP contribution in [0.4, 0.5) is 22.0 Å². The number of H-pyrrole nitrogens is 1. The zero-order valence-electron chi connectivity index (χ0n) is 18.7. The quantitative estimate of drug-likeness (QED) is 0.630. The normalized spacial score (nSPS) is 26.5. The van der Waals surface area contributed by atoms with Crippen LogP contribution in [0.25, 0.3) is 0 Å². The molecule has 2 heterocycles. The first kappa shape index (κ1) is 25.1. The summed E-state index contributed by atoms with van der Waals surface area (Å²) in [6, 6.07) is 1.94. The van der Waals surface area contributed by atoms with Gasteiger partial charge >= 0.3 is 6.18 Å². The van der Waals surface area contributed by atoms with Gasteiger partial charge in [0.05, 0.1) is 7.11 Å². The number of aliphatic hydroxyl groups excluding tert-OH is 1.